The Bertz CT molecular complexity index is 122. The predicted molar refractivity (Wildman–Crippen MR) is 85.1 cm³/mol. The van der Waals surface area contributed by atoms with Crippen LogP contribution in [0.25, 0.3) is 0 Å². The van der Waals surface area contributed by atoms with Crippen LogP contribution in [0.3, 0.4) is 0 Å². The lowest BCUT2D eigenvalue weighted by Crippen LogP contribution is -2.50. The summed E-state index contributed by atoms with van der Waals surface area (Å²) in [6.07, 6.45) is 11.1. The van der Waals surface area contributed by atoms with Gasteiger partial charge in [0.15, 0.2) is 0 Å². The topological polar surface area (TPSA) is 0 Å². The van der Waals surface area contributed by atoms with Gasteiger partial charge in [-0.05, 0) is 25.7 Å². The second kappa shape index (κ2) is 13.5. The van der Waals surface area contributed by atoms with Gasteiger partial charge >= 0.3 is 0 Å². The van der Waals surface area contributed by atoms with Crippen LogP contribution in [0.1, 0.15) is 79.1 Å². The number of hydrogen-bond acceptors (Lipinski definition) is 0. The summed E-state index contributed by atoms with van der Waals surface area (Å²) >= 11 is 0. The molecule has 108 valence electrons. The van der Waals surface area contributed by atoms with Gasteiger partial charge in [-0.1, -0.05) is 53.4 Å². The molecule has 0 aromatic carbocycles. The van der Waals surface area contributed by atoms with Gasteiger partial charge in [0.05, 0.1) is 26.2 Å². The van der Waals surface area contributed by atoms with Crippen molar-refractivity contribution < 1.29 is 4.48 Å². The quantitative estimate of drug-likeness (QED) is 0.351. The average molecular weight is 253 g/mol. The van der Waals surface area contributed by atoms with E-state index in [0.717, 1.165) is 0 Å². The van der Waals surface area contributed by atoms with E-state index in [-0.39, 0.29) is 8.41 Å². The number of quaternary nitrogens is 1. The average Bonchev–Trinajstić information content (AvgIpc) is 2.37. The van der Waals surface area contributed by atoms with Crippen LogP contribution in [0, 0.1) is 0 Å². The van der Waals surface area contributed by atoms with Gasteiger partial charge in [0, 0.05) is 0 Å². The van der Waals surface area contributed by atoms with Crippen LogP contribution in [-0.2, 0) is 0 Å². The predicted octanol–water partition coefficient (Wildman–Crippen LogP) is 4.62. The summed E-state index contributed by atoms with van der Waals surface area (Å²) in [6, 6.07) is 0. The SMILES string of the molecule is CCCC[N+](CCCC)(CCCC)CCCC.[B-]. The Balaban J connectivity index is 0. The van der Waals surface area contributed by atoms with Gasteiger partial charge in [0.1, 0.15) is 0 Å². The smallest absolute Gasteiger partial charge is 0.0786 e. The van der Waals surface area contributed by atoms with E-state index in [4.69, 9.17) is 0 Å². The van der Waals surface area contributed by atoms with Crippen molar-refractivity contribution in [2.24, 2.45) is 0 Å². The lowest BCUT2D eigenvalue weighted by molar-refractivity contribution is -0.929. The lowest BCUT2D eigenvalue weighted by atomic mass is 10.1. The fraction of sp³-hybridized carbons (Fsp3) is 1.00. The number of rotatable bonds is 12. The van der Waals surface area contributed by atoms with Crippen LogP contribution < -0.4 is 0 Å². The molecule has 0 aliphatic heterocycles. The molecule has 0 fully saturated rings. The van der Waals surface area contributed by atoms with Crippen LogP contribution >= 0.6 is 0 Å². The van der Waals surface area contributed by atoms with E-state index in [0.29, 0.717) is 0 Å². The zero-order chi connectivity index (χ0) is 13.0. The zero-order valence-corrected chi connectivity index (χ0v) is 13.5. The summed E-state index contributed by atoms with van der Waals surface area (Å²) in [5.74, 6) is 0. The second-order valence-electron chi connectivity index (χ2n) is 5.65. The third kappa shape index (κ3) is 9.02. The second-order valence-corrected chi connectivity index (χ2v) is 5.65. The van der Waals surface area contributed by atoms with Crippen LogP contribution in [0.2, 0.25) is 0 Å². The summed E-state index contributed by atoms with van der Waals surface area (Å²) in [7, 11) is 0. The van der Waals surface area contributed by atoms with Crippen molar-refractivity contribution >= 4 is 8.41 Å². The van der Waals surface area contributed by atoms with Crippen molar-refractivity contribution in [1.82, 2.24) is 0 Å². The van der Waals surface area contributed by atoms with Crippen molar-refractivity contribution in [3.63, 3.8) is 0 Å². The van der Waals surface area contributed by atoms with Crippen LogP contribution in [0.5, 0.6) is 0 Å². The maximum absolute atomic E-state index is 2.33. The molecule has 0 spiro atoms. The molecule has 2 heteroatoms. The lowest BCUT2D eigenvalue weighted by Gasteiger charge is -2.39. The van der Waals surface area contributed by atoms with E-state index in [1.165, 1.54) is 82.0 Å². The minimum atomic E-state index is 0. The molecule has 0 aliphatic rings. The molecule has 0 aromatic rings. The molecule has 4 radical (unpaired) electrons. The van der Waals surface area contributed by atoms with Crippen molar-refractivity contribution in [3.8, 4) is 0 Å². The molecule has 0 amide bonds. The number of hydrogen-bond donors (Lipinski definition) is 0. The minimum absolute atomic E-state index is 0. The summed E-state index contributed by atoms with van der Waals surface area (Å²) in [5, 5.41) is 0. The molecule has 1 nitrogen and oxygen atoms in total. The van der Waals surface area contributed by atoms with E-state index < -0.39 is 0 Å². The first-order valence-corrected chi connectivity index (χ1v) is 8.09. The Kier molecular flexibility index (Phi) is 15.2. The zero-order valence-electron chi connectivity index (χ0n) is 13.5. The maximum atomic E-state index is 2.33. The third-order valence-electron chi connectivity index (χ3n) is 3.94. The van der Waals surface area contributed by atoms with Gasteiger partial charge in [-0.25, -0.2) is 0 Å². The summed E-state index contributed by atoms with van der Waals surface area (Å²) in [4.78, 5) is 0. The van der Waals surface area contributed by atoms with Gasteiger partial charge < -0.3 is 12.9 Å². The van der Waals surface area contributed by atoms with Crippen molar-refractivity contribution in [1.29, 1.82) is 0 Å². The van der Waals surface area contributed by atoms with E-state index in [2.05, 4.69) is 27.7 Å². The highest BCUT2D eigenvalue weighted by molar-refractivity contribution is 5.75. The molecular weight excluding hydrogens is 217 g/mol. The van der Waals surface area contributed by atoms with Gasteiger partial charge in [0.2, 0.25) is 0 Å². The molecule has 0 bridgehead atoms. The van der Waals surface area contributed by atoms with Crippen LogP contribution in [-0.4, -0.2) is 39.1 Å². The van der Waals surface area contributed by atoms with Crippen molar-refractivity contribution in [2.75, 3.05) is 26.2 Å². The van der Waals surface area contributed by atoms with Gasteiger partial charge in [0.25, 0.3) is 0 Å². The first kappa shape index (κ1) is 20.3. The van der Waals surface area contributed by atoms with Gasteiger partial charge in [-0.3, -0.25) is 0 Å². The fourth-order valence-corrected chi connectivity index (χ4v) is 2.64. The highest BCUT2D eigenvalue weighted by Gasteiger charge is 2.24. The van der Waals surface area contributed by atoms with E-state index in [1.807, 2.05) is 0 Å². The first-order valence-electron chi connectivity index (χ1n) is 8.09. The normalized spacial score (nSPS) is 11.3. The van der Waals surface area contributed by atoms with Gasteiger partial charge in [-0.2, -0.15) is 0 Å². The standard InChI is InChI=1S/C16H36N.B/c1-5-9-13-17(14-10-6-2,15-11-7-3)16-12-8-4;/h5-16H2,1-4H3;/q+1;-1. The van der Waals surface area contributed by atoms with Gasteiger partial charge in [-0.15, -0.1) is 0 Å². The molecule has 0 rings (SSSR count). The molecule has 0 saturated carbocycles. The monoisotopic (exact) mass is 253 g/mol. The third-order valence-corrected chi connectivity index (χ3v) is 3.94. The molecule has 0 unspecified atom stereocenters. The molecule has 0 N–H and O–H groups in total. The summed E-state index contributed by atoms with van der Waals surface area (Å²) in [6.45, 7) is 15.0. The van der Waals surface area contributed by atoms with Crippen LogP contribution in [0.4, 0.5) is 0 Å². The Morgan fingerprint density at radius 2 is 0.722 bits per heavy atom. The molecule has 0 aliphatic carbocycles. The fourth-order valence-electron chi connectivity index (χ4n) is 2.64. The Morgan fingerprint density at radius 3 is 0.889 bits per heavy atom. The van der Waals surface area contributed by atoms with E-state index in [1.54, 1.807) is 0 Å². The Labute approximate surface area is 119 Å². The highest BCUT2D eigenvalue weighted by atomic mass is 15.3. The molecular formula is C16H36BN. The molecule has 0 heterocycles. The minimum Gasteiger partial charge on any atom is -1.00 e. The first-order chi connectivity index (χ1) is 8.24. The molecule has 0 saturated heterocycles. The largest absolute Gasteiger partial charge is 1.00 e. The molecule has 0 aromatic heterocycles. The van der Waals surface area contributed by atoms with Crippen LogP contribution in [0.15, 0.2) is 0 Å². The maximum Gasteiger partial charge on any atom is 0.0786 e. The van der Waals surface area contributed by atoms with E-state index in [9.17, 15) is 0 Å². The number of unbranched alkanes of at least 4 members (excludes halogenated alkanes) is 4. The highest BCUT2D eigenvalue weighted by Crippen LogP contribution is 2.16. The Hall–Kier alpha value is 0.0249. The van der Waals surface area contributed by atoms with Crippen molar-refractivity contribution in [2.45, 2.75) is 79.1 Å². The molecule has 0 atom stereocenters. The summed E-state index contributed by atoms with van der Waals surface area (Å²) < 4.78 is 1.42. The number of nitrogens with zero attached hydrogens (tertiary/aromatic N) is 1. The van der Waals surface area contributed by atoms with Crippen molar-refractivity contribution in [3.05, 3.63) is 0 Å². The Morgan fingerprint density at radius 1 is 0.500 bits per heavy atom. The summed E-state index contributed by atoms with van der Waals surface area (Å²) in [5.41, 5.74) is 0. The molecule has 18 heavy (non-hydrogen) atoms. The van der Waals surface area contributed by atoms with E-state index >= 15 is 0 Å².